The van der Waals surface area contributed by atoms with Crippen molar-refractivity contribution in [3.63, 3.8) is 0 Å². The number of hydrogen-bond acceptors (Lipinski definition) is 3. The zero-order valence-electron chi connectivity index (χ0n) is 11.6. The molecule has 0 aromatic carbocycles. The summed E-state index contributed by atoms with van der Waals surface area (Å²) in [5.41, 5.74) is 5.90. The van der Waals surface area contributed by atoms with E-state index in [2.05, 4.69) is 0 Å². The molecular formula is C13H24N2O2S2. The molecule has 1 unspecified atom stereocenters. The van der Waals surface area contributed by atoms with E-state index in [1.807, 2.05) is 0 Å². The molecule has 1 saturated carbocycles. The van der Waals surface area contributed by atoms with E-state index in [0.29, 0.717) is 18.5 Å². The zero-order valence-corrected chi connectivity index (χ0v) is 13.2. The quantitative estimate of drug-likeness (QED) is 0.810. The van der Waals surface area contributed by atoms with Crippen LogP contribution < -0.4 is 5.73 Å². The zero-order chi connectivity index (χ0) is 14.1. The Bertz CT molecular complexity index is 432. The van der Waals surface area contributed by atoms with Crippen LogP contribution in [0.5, 0.6) is 0 Å². The summed E-state index contributed by atoms with van der Waals surface area (Å²) in [5.74, 6) is 0. The van der Waals surface area contributed by atoms with Gasteiger partial charge >= 0.3 is 0 Å². The van der Waals surface area contributed by atoms with E-state index in [4.69, 9.17) is 18.0 Å². The normalized spacial score (nSPS) is 26.2. The summed E-state index contributed by atoms with van der Waals surface area (Å²) < 4.78 is 26.3. The highest BCUT2D eigenvalue weighted by atomic mass is 32.2. The van der Waals surface area contributed by atoms with Crippen LogP contribution in [0, 0.1) is 5.41 Å². The van der Waals surface area contributed by atoms with Crippen molar-refractivity contribution in [2.45, 2.75) is 57.1 Å². The molecule has 0 bridgehead atoms. The molecule has 1 atom stereocenters. The lowest BCUT2D eigenvalue weighted by molar-refractivity contribution is 0.102. The van der Waals surface area contributed by atoms with Gasteiger partial charge in [-0.25, -0.2) is 12.7 Å². The van der Waals surface area contributed by atoms with Crippen molar-refractivity contribution in [3.8, 4) is 0 Å². The second-order valence-corrected chi connectivity index (χ2v) is 8.77. The lowest BCUT2D eigenvalue weighted by atomic mass is 9.68. The van der Waals surface area contributed by atoms with Crippen molar-refractivity contribution in [2.75, 3.05) is 13.1 Å². The van der Waals surface area contributed by atoms with E-state index in [-0.39, 0.29) is 4.99 Å². The molecule has 2 aliphatic rings. The molecule has 0 aromatic rings. The minimum absolute atomic E-state index is 0.0675. The monoisotopic (exact) mass is 304 g/mol. The lowest BCUT2D eigenvalue weighted by Crippen LogP contribution is -2.48. The number of hydrogen-bond donors (Lipinski definition) is 1. The van der Waals surface area contributed by atoms with E-state index in [1.54, 1.807) is 11.2 Å². The number of nitrogens with two attached hydrogens (primary N) is 1. The molecule has 6 heteroatoms. The van der Waals surface area contributed by atoms with Crippen LogP contribution >= 0.6 is 12.2 Å². The summed E-state index contributed by atoms with van der Waals surface area (Å²) in [5, 5.41) is -0.747. The smallest absolute Gasteiger partial charge is 0.223 e. The third-order valence-corrected chi connectivity index (χ3v) is 7.64. The predicted molar refractivity (Wildman–Crippen MR) is 81.5 cm³/mol. The highest BCUT2D eigenvalue weighted by Gasteiger charge is 2.40. The Kier molecular flexibility index (Phi) is 4.52. The van der Waals surface area contributed by atoms with Gasteiger partial charge in [0.2, 0.25) is 10.0 Å². The lowest BCUT2D eigenvalue weighted by Gasteiger charge is -2.44. The first kappa shape index (κ1) is 15.2. The van der Waals surface area contributed by atoms with Gasteiger partial charge in [-0.05, 0) is 38.0 Å². The van der Waals surface area contributed by atoms with E-state index in [0.717, 1.165) is 12.8 Å². The Morgan fingerprint density at radius 1 is 1.16 bits per heavy atom. The number of piperidine rings is 1. The summed E-state index contributed by atoms with van der Waals surface area (Å²) >= 11 is 4.83. The third kappa shape index (κ3) is 3.11. The van der Waals surface area contributed by atoms with Crippen LogP contribution in [0.3, 0.4) is 0 Å². The van der Waals surface area contributed by atoms with Crippen LogP contribution in [0.15, 0.2) is 0 Å². The Hall–Kier alpha value is -0.200. The third-order valence-electron chi connectivity index (χ3n) is 4.90. The van der Waals surface area contributed by atoms with E-state index in [9.17, 15) is 8.42 Å². The first-order valence-electron chi connectivity index (χ1n) is 7.16. The summed E-state index contributed by atoms with van der Waals surface area (Å²) in [4.78, 5) is 0.0675. The van der Waals surface area contributed by atoms with Crippen LogP contribution in [-0.2, 0) is 10.0 Å². The maximum atomic E-state index is 12.4. The second kappa shape index (κ2) is 5.66. The van der Waals surface area contributed by atoms with E-state index >= 15 is 0 Å². The summed E-state index contributed by atoms with van der Waals surface area (Å²) in [6.45, 7) is 2.85. The van der Waals surface area contributed by atoms with Gasteiger partial charge in [0.1, 0.15) is 5.25 Å². The molecule has 2 N–H and O–H groups in total. The Morgan fingerprint density at radius 2 is 1.68 bits per heavy atom. The molecule has 1 aliphatic carbocycles. The summed E-state index contributed by atoms with van der Waals surface area (Å²) in [6, 6.07) is 0. The maximum Gasteiger partial charge on any atom is 0.223 e. The molecule has 0 amide bonds. The fourth-order valence-electron chi connectivity index (χ4n) is 3.39. The molecule has 0 aromatic heterocycles. The number of nitrogens with zero attached hydrogens (tertiary/aromatic N) is 1. The molecule has 110 valence electrons. The van der Waals surface area contributed by atoms with Crippen LogP contribution in [0.4, 0.5) is 0 Å². The average Bonchev–Trinajstić information content (AvgIpc) is 2.39. The van der Waals surface area contributed by atoms with Crippen molar-refractivity contribution in [3.05, 3.63) is 0 Å². The predicted octanol–water partition coefficient (Wildman–Crippen LogP) is 2.04. The fraction of sp³-hybridized carbons (Fsp3) is 0.923. The first-order chi connectivity index (χ1) is 8.87. The van der Waals surface area contributed by atoms with Crippen LogP contribution in [0.25, 0.3) is 0 Å². The maximum absolute atomic E-state index is 12.4. The van der Waals surface area contributed by atoms with Crippen LogP contribution in [0.2, 0.25) is 0 Å². The van der Waals surface area contributed by atoms with Gasteiger partial charge in [-0.3, -0.25) is 0 Å². The van der Waals surface area contributed by atoms with Crippen molar-refractivity contribution >= 4 is 27.2 Å². The molecule has 2 fully saturated rings. The van der Waals surface area contributed by atoms with Crippen molar-refractivity contribution in [1.29, 1.82) is 0 Å². The molecule has 0 radical (unpaired) electrons. The van der Waals surface area contributed by atoms with Gasteiger partial charge in [-0.1, -0.05) is 31.5 Å². The van der Waals surface area contributed by atoms with Crippen molar-refractivity contribution < 1.29 is 8.42 Å². The number of sulfonamides is 1. The fourth-order valence-corrected chi connectivity index (χ4v) is 5.18. The minimum atomic E-state index is -3.35. The minimum Gasteiger partial charge on any atom is -0.392 e. The Labute approximate surface area is 121 Å². The highest BCUT2D eigenvalue weighted by molar-refractivity contribution is 7.92. The molecule has 1 spiro atoms. The molecule has 1 saturated heterocycles. The number of rotatable bonds is 3. The average molecular weight is 304 g/mol. The SMILES string of the molecule is CC(C(N)=S)S(=O)(=O)N1CCC2(CCCCC2)CC1. The summed E-state index contributed by atoms with van der Waals surface area (Å²) in [7, 11) is -3.35. The van der Waals surface area contributed by atoms with Crippen molar-refractivity contribution in [1.82, 2.24) is 4.31 Å². The summed E-state index contributed by atoms with van der Waals surface area (Å²) in [6.07, 6.45) is 8.47. The second-order valence-electron chi connectivity index (χ2n) is 6.05. The van der Waals surface area contributed by atoms with E-state index < -0.39 is 15.3 Å². The topological polar surface area (TPSA) is 63.4 Å². The highest BCUT2D eigenvalue weighted by Crippen LogP contribution is 2.45. The van der Waals surface area contributed by atoms with Gasteiger partial charge in [0, 0.05) is 13.1 Å². The molecule has 4 nitrogen and oxygen atoms in total. The van der Waals surface area contributed by atoms with Crippen molar-refractivity contribution in [2.24, 2.45) is 11.1 Å². The van der Waals surface area contributed by atoms with Gasteiger partial charge in [-0.2, -0.15) is 0 Å². The van der Waals surface area contributed by atoms with Crippen LogP contribution in [-0.4, -0.2) is 36.1 Å². The van der Waals surface area contributed by atoms with Gasteiger partial charge in [0.05, 0.1) is 4.99 Å². The molecule has 1 aliphatic heterocycles. The van der Waals surface area contributed by atoms with Gasteiger partial charge in [0.15, 0.2) is 0 Å². The molecule has 19 heavy (non-hydrogen) atoms. The number of thiocarbonyl (C=S) groups is 1. The standard InChI is InChI=1S/C13H24N2O2S2/c1-11(12(14)18)19(16,17)15-9-7-13(8-10-15)5-3-2-4-6-13/h11H,2-10H2,1H3,(H2,14,18). The first-order valence-corrected chi connectivity index (χ1v) is 9.07. The van der Waals surface area contributed by atoms with Crippen LogP contribution in [0.1, 0.15) is 51.9 Å². The van der Waals surface area contributed by atoms with Gasteiger partial charge < -0.3 is 5.73 Å². The Balaban J connectivity index is 2.01. The molecular weight excluding hydrogens is 280 g/mol. The molecule has 2 rings (SSSR count). The Morgan fingerprint density at radius 3 is 2.16 bits per heavy atom. The van der Waals surface area contributed by atoms with E-state index in [1.165, 1.54) is 32.1 Å². The van der Waals surface area contributed by atoms with Gasteiger partial charge in [0.25, 0.3) is 0 Å². The largest absolute Gasteiger partial charge is 0.392 e. The molecule has 1 heterocycles. The van der Waals surface area contributed by atoms with Gasteiger partial charge in [-0.15, -0.1) is 0 Å².